The minimum absolute atomic E-state index is 0.347. The van der Waals surface area contributed by atoms with E-state index >= 15 is 0 Å². The minimum atomic E-state index is 0.347. The number of H-pyrrole nitrogens is 2. The van der Waals surface area contributed by atoms with Gasteiger partial charge in [0.05, 0.1) is 0 Å². The lowest BCUT2D eigenvalue weighted by Gasteiger charge is -1.87. The zero-order valence-electron chi connectivity index (χ0n) is 5.57. The van der Waals surface area contributed by atoms with E-state index < -0.39 is 0 Å². The minimum Gasteiger partial charge on any atom is -0.380 e. The number of aromatic amines is 2. The first-order chi connectivity index (χ1) is 5.38. The summed E-state index contributed by atoms with van der Waals surface area (Å²) < 4.78 is 0. The Balaban J connectivity index is 2.53. The van der Waals surface area contributed by atoms with Crippen LogP contribution >= 0.6 is 0 Å². The molecule has 0 atom stereocenters. The third-order valence-corrected chi connectivity index (χ3v) is 1.30. The predicted octanol–water partition coefficient (Wildman–Crippen LogP) is -0.223. The van der Waals surface area contributed by atoms with Crippen LogP contribution in [0.15, 0.2) is 12.4 Å². The Kier molecular flexibility index (Phi) is 1.12. The first-order valence-electron chi connectivity index (χ1n) is 3.04. The molecule has 0 saturated carbocycles. The summed E-state index contributed by atoms with van der Waals surface area (Å²) in [5.74, 6) is 0.969. The monoisotopic (exact) mass is 150 g/mol. The average molecular weight is 150 g/mol. The van der Waals surface area contributed by atoms with Crippen molar-refractivity contribution in [1.82, 2.24) is 25.4 Å². The van der Waals surface area contributed by atoms with Crippen LogP contribution in [0.2, 0.25) is 0 Å². The Bertz CT molecular complexity index is 333. The van der Waals surface area contributed by atoms with Crippen LogP contribution in [0.1, 0.15) is 0 Å². The summed E-state index contributed by atoms with van der Waals surface area (Å²) in [6, 6.07) is 0. The van der Waals surface area contributed by atoms with Crippen molar-refractivity contribution in [3.63, 3.8) is 0 Å². The first kappa shape index (κ1) is 5.90. The quantitative estimate of drug-likeness (QED) is 0.523. The fraction of sp³-hybridized carbons (Fsp3) is 0. The van der Waals surface area contributed by atoms with Gasteiger partial charge in [0.2, 0.25) is 0 Å². The third-order valence-electron chi connectivity index (χ3n) is 1.30. The number of nitrogens with two attached hydrogens (primary N) is 1. The van der Waals surface area contributed by atoms with Gasteiger partial charge < -0.3 is 10.7 Å². The number of aromatic nitrogens is 5. The van der Waals surface area contributed by atoms with E-state index in [1.165, 1.54) is 0 Å². The number of imidazole rings is 1. The van der Waals surface area contributed by atoms with Gasteiger partial charge in [-0.25, -0.2) is 4.98 Å². The van der Waals surface area contributed by atoms with E-state index in [0.717, 1.165) is 0 Å². The Morgan fingerprint density at radius 3 is 2.82 bits per heavy atom. The van der Waals surface area contributed by atoms with Crippen molar-refractivity contribution in [2.75, 3.05) is 5.73 Å². The van der Waals surface area contributed by atoms with Crippen LogP contribution in [0.25, 0.3) is 11.5 Å². The van der Waals surface area contributed by atoms with Crippen molar-refractivity contribution in [3.05, 3.63) is 12.4 Å². The molecule has 56 valence electrons. The Labute approximate surface area is 61.8 Å². The second kappa shape index (κ2) is 2.08. The summed E-state index contributed by atoms with van der Waals surface area (Å²) in [5.41, 5.74) is 6.02. The van der Waals surface area contributed by atoms with Gasteiger partial charge in [-0.15, -0.1) is 5.10 Å². The van der Waals surface area contributed by atoms with E-state index in [4.69, 9.17) is 5.73 Å². The third kappa shape index (κ3) is 0.841. The standard InChI is InChI=1S/C5H6N6/c6-4-3(9-11-10-4)5-7-1-2-8-5/h1-2H,(H,7,8)(H3,6,9,10,11). The fourth-order valence-electron chi connectivity index (χ4n) is 0.808. The maximum absolute atomic E-state index is 5.47. The summed E-state index contributed by atoms with van der Waals surface area (Å²) in [5, 5.41) is 9.86. The van der Waals surface area contributed by atoms with Gasteiger partial charge in [-0.1, -0.05) is 0 Å². The highest BCUT2D eigenvalue weighted by Gasteiger charge is 2.07. The van der Waals surface area contributed by atoms with Gasteiger partial charge in [0.1, 0.15) is 0 Å². The number of anilines is 1. The van der Waals surface area contributed by atoms with Gasteiger partial charge in [0, 0.05) is 12.4 Å². The van der Waals surface area contributed by atoms with Gasteiger partial charge in [0.25, 0.3) is 0 Å². The molecule has 0 aliphatic carbocycles. The molecule has 2 aromatic heterocycles. The molecule has 0 radical (unpaired) electrons. The lowest BCUT2D eigenvalue weighted by atomic mass is 10.4. The van der Waals surface area contributed by atoms with Crippen LogP contribution in [0, 0.1) is 0 Å². The van der Waals surface area contributed by atoms with Crippen LogP contribution in [0.5, 0.6) is 0 Å². The smallest absolute Gasteiger partial charge is 0.177 e. The predicted molar refractivity (Wildman–Crippen MR) is 38.4 cm³/mol. The Hall–Kier alpha value is -1.85. The summed E-state index contributed by atoms with van der Waals surface area (Å²) in [6.45, 7) is 0. The SMILES string of the molecule is Nc1n[nH]nc1-c1ncc[nH]1. The second-order valence-electron chi connectivity index (χ2n) is 2.00. The number of rotatable bonds is 1. The van der Waals surface area contributed by atoms with Crippen molar-refractivity contribution in [3.8, 4) is 11.5 Å². The van der Waals surface area contributed by atoms with E-state index in [-0.39, 0.29) is 0 Å². The molecule has 6 heteroatoms. The van der Waals surface area contributed by atoms with Crippen molar-refractivity contribution >= 4 is 5.82 Å². The Morgan fingerprint density at radius 1 is 1.36 bits per heavy atom. The maximum Gasteiger partial charge on any atom is 0.177 e. The van der Waals surface area contributed by atoms with Gasteiger partial charge >= 0.3 is 0 Å². The fourth-order valence-corrected chi connectivity index (χ4v) is 0.808. The summed E-state index contributed by atoms with van der Waals surface area (Å²) in [4.78, 5) is 6.83. The molecular weight excluding hydrogens is 144 g/mol. The van der Waals surface area contributed by atoms with E-state index in [1.807, 2.05) is 0 Å². The maximum atomic E-state index is 5.47. The number of nitrogens with zero attached hydrogens (tertiary/aromatic N) is 3. The van der Waals surface area contributed by atoms with Crippen LogP contribution < -0.4 is 5.73 Å². The molecule has 0 amide bonds. The molecule has 11 heavy (non-hydrogen) atoms. The highest BCUT2D eigenvalue weighted by molar-refractivity contribution is 5.62. The molecule has 0 bridgehead atoms. The van der Waals surface area contributed by atoms with Crippen LogP contribution in [0.3, 0.4) is 0 Å². The average Bonchev–Trinajstić information content (AvgIpc) is 2.55. The first-order valence-corrected chi connectivity index (χ1v) is 3.04. The topological polar surface area (TPSA) is 96.3 Å². The normalized spacial score (nSPS) is 10.2. The molecule has 0 unspecified atom stereocenters. The number of nitrogen functional groups attached to an aromatic ring is 1. The van der Waals surface area contributed by atoms with Gasteiger partial charge in [-0.2, -0.15) is 10.3 Å². The summed E-state index contributed by atoms with van der Waals surface area (Å²) in [6.07, 6.45) is 3.33. The van der Waals surface area contributed by atoms with Crippen molar-refractivity contribution in [2.45, 2.75) is 0 Å². The highest BCUT2D eigenvalue weighted by Crippen LogP contribution is 2.14. The van der Waals surface area contributed by atoms with Gasteiger partial charge in [-0.3, -0.25) is 0 Å². The van der Waals surface area contributed by atoms with Gasteiger partial charge in [0.15, 0.2) is 17.3 Å². The summed E-state index contributed by atoms with van der Waals surface area (Å²) in [7, 11) is 0. The van der Waals surface area contributed by atoms with Crippen molar-refractivity contribution in [1.29, 1.82) is 0 Å². The highest BCUT2D eigenvalue weighted by atomic mass is 15.4. The van der Waals surface area contributed by atoms with Crippen LogP contribution in [-0.4, -0.2) is 25.4 Å². The molecule has 0 fully saturated rings. The van der Waals surface area contributed by atoms with Crippen LogP contribution in [-0.2, 0) is 0 Å². The van der Waals surface area contributed by atoms with E-state index in [2.05, 4.69) is 25.4 Å². The number of nitrogens with one attached hydrogen (secondary N) is 2. The second-order valence-corrected chi connectivity index (χ2v) is 2.00. The van der Waals surface area contributed by atoms with Crippen molar-refractivity contribution in [2.24, 2.45) is 0 Å². The zero-order chi connectivity index (χ0) is 7.68. The zero-order valence-corrected chi connectivity index (χ0v) is 5.57. The molecule has 0 spiro atoms. The van der Waals surface area contributed by atoms with Gasteiger partial charge in [-0.05, 0) is 0 Å². The largest absolute Gasteiger partial charge is 0.380 e. The lowest BCUT2D eigenvalue weighted by Crippen LogP contribution is -1.89. The van der Waals surface area contributed by atoms with Crippen LogP contribution in [0.4, 0.5) is 5.82 Å². The molecule has 0 aromatic carbocycles. The van der Waals surface area contributed by atoms with Crippen molar-refractivity contribution < 1.29 is 0 Å². The molecule has 0 aliphatic heterocycles. The van der Waals surface area contributed by atoms with E-state index in [1.54, 1.807) is 12.4 Å². The molecule has 2 heterocycles. The van der Waals surface area contributed by atoms with E-state index in [9.17, 15) is 0 Å². The number of hydrogen-bond donors (Lipinski definition) is 3. The molecule has 2 rings (SSSR count). The molecule has 0 saturated heterocycles. The molecule has 6 nitrogen and oxygen atoms in total. The lowest BCUT2D eigenvalue weighted by molar-refractivity contribution is 0.942. The molecular formula is C5H6N6. The summed E-state index contributed by atoms with van der Waals surface area (Å²) >= 11 is 0. The molecule has 2 aromatic rings. The number of hydrogen-bond acceptors (Lipinski definition) is 4. The Morgan fingerprint density at radius 2 is 2.27 bits per heavy atom. The molecule has 0 aliphatic rings. The van der Waals surface area contributed by atoms with E-state index in [0.29, 0.717) is 17.3 Å². The molecule has 4 N–H and O–H groups in total.